The lowest BCUT2D eigenvalue weighted by Gasteiger charge is -2.20. The van der Waals surface area contributed by atoms with Gasteiger partial charge in [0.15, 0.2) is 0 Å². The average Bonchev–Trinajstić information content (AvgIpc) is 2.68. The van der Waals surface area contributed by atoms with E-state index in [1.807, 2.05) is 18.2 Å². The third-order valence-corrected chi connectivity index (χ3v) is 3.93. The highest BCUT2D eigenvalue weighted by Crippen LogP contribution is 2.22. The highest BCUT2D eigenvalue weighted by molar-refractivity contribution is 5.91. The summed E-state index contributed by atoms with van der Waals surface area (Å²) in [5.74, 6) is 0.849. The van der Waals surface area contributed by atoms with Crippen LogP contribution in [-0.4, -0.2) is 29.9 Å². The van der Waals surface area contributed by atoms with Gasteiger partial charge >= 0.3 is 0 Å². The highest BCUT2D eigenvalue weighted by Gasteiger charge is 2.25. The summed E-state index contributed by atoms with van der Waals surface area (Å²) in [6, 6.07) is 7.95. The van der Waals surface area contributed by atoms with Crippen LogP contribution in [0.15, 0.2) is 24.3 Å². The Bertz CT molecular complexity index is 461. The van der Waals surface area contributed by atoms with Crippen molar-refractivity contribution in [3.05, 3.63) is 24.3 Å². The van der Waals surface area contributed by atoms with Crippen LogP contribution in [0, 0.1) is 5.92 Å². The summed E-state index contributed by atoms with van der Waals surface area (Å²) in [5.41, 5.74) is 7.13. The predicted molar refractivity (Wildman–Crippen MR) is 83.5 cm³/mol. The molecule has 1 aliphatic heterocycles. The number of carbonyl (C=O) groups excluding carboxylic acids is 1. The summed E-state index contributed by atoms with van der Waals surface area (Å²) in [5, 5.41) is 2.89. The van der Waals surface area contributed by atoms with Crippen molar-refractivity contribution in [3.63, 3.8) is 0 Å². The van der Waals surface area contributed by atoms with Crippen molar-refractivity contribution in [1.82, 2.24) is 4.90 Å². The third-order valence-electron chi connectivity index (χ3n) is 3.93. The molecule has 3 N–H and O–H groups in total. The zero-order chi connectivity index (χ0) is 14.5. The number of hydrogen-bond donors (Lipinski definition) is 2. The zero-order valence-electron chi connectivity index (χ0n) is 12.4. The van der Waals surface area contributed by atoms with E-state index in [4.69, 9.17) is 5.73 Å². The quantitative estimate of drug-likeness (QED) is 0.812. The van der Waals surface area contributed by atoms with Gasteiger partial charge in [-0.25, -0.2) is 0 Å². The third kappa shape index (κ3) is 4.23. The van der Waals surface area contributed by atoms with Crippen LogP contribution in [0.1, 0.15) is 33.1 Å². The van der Waals surface area contributed by atoms with Crippen molar-refractivity contribution in [2.75, 3.05) is 24.1 Å². The maximum absolute atomic E-state index is 11.9. The first-order valence-electron chi connectivity index (χ1n) is 7.44. The van der Waals surface area contributed by atoms with E-state index in [2.05, 4.69) is 24.1 Å². The number of carbonyl (C=O) groups is 1. The molecule has 2 atom stereocenters. The van der Waals surface area contributed by atoms with Crippen LogP contribution in [0.5, 0.6) is 0 Å². The number of benzene rings is 1. The minimum absolute atomic E-state index is 0.0653. The van der Waals surface area contributed by atoms with E-state index in [1.54, 1.807) is 6.07 Å². The second-order valence-corrected chi connectivity index (χ2v) is 5.96. The van der Waals surface area contributed by atoms with Crippen LogP contribution >= 0.6 is 0 Å². The number of likely N-dealkylation sites (tertiary alicyclic amines) is 1. The predicted octanol–water partition coefficient (Wildman–Crippen LogP) is 2.72. The van der Waals surface area contributed by atoms with Crippen molar-refractivity contribution < 1.29 is 4.79 Å². The summed E-state index contributed by atoms with van der Waals surface area (Å²) in [4.78, 5) is 14.4. The Morgan fingerprint density at radius 3 is 2.90 bits per heavy atom. The fraction of sp³-hybridized carbons (Fsp3) is 0.562. The van der Waals surface area contributed by atoms with Gasteiger partial charge in [-0.15, -0.1) is 0 Å². The van der Waals surface area contributed by atoms with Crippen molar-refractivity contribution in [1.29, 1.82) is 0 Å². The lowest BCUT2D eigenvalue weighted by Crippen LogP contribution is -2.28. The maximum atomic E-state index is 11.9. The molecule has 1 aromatic rings. The van der Waals surface area contributed by atoms with Crippen LogP contribution in [-0.2, 0) is 4.79 Å². The molecule has 4 heteroatoms. The normalized spacial score (nSPS) is 22.9. The van der Waals surface area contributed by atoms with Gasteiger partial charge < -0.3 is 16.0 Å². The molecular formula is C16H25N3O. The Morgan fingerprint density at radius 2 is 2.25 bits per heavy atom. The Kier molecular flexibility index (Phi) is 5.01. The average molecular weight is 275 g/mol. The Labute approximate surface area is 121 Å². The topological polar surface area (TPSA) is 58.4 Å². The molecular weight excluding hydrogens is 250 g/mol. The monoisotopic (exact) mass is 275 g/mol. The van der Waals surface area contributed by atoms with Gasteiger partial charge in [0.1, 0.15) is 0 Å². The van der Waals surface area contributed by atoms with Gasteiger partial charge in [-0.2, -0.15) is 0 Å². The first-order chi connectivity index (χ1) is 9.54. The second-order valence-electron chi connectivity index (χ2n) is 5.96. The molecule has 1 aliphatic rings. The fourth-order valence-electron chi connectivity index (χ4n) is 2.98. The fourth-order valence-corrected chi connectivity index (χ4v) is 2.98. The maximum Gasteiger partial charge on any atom is 0.224 e. The smallest absolute Gasteiger partial charge is 0.224 e. The first kappa shape index (κ1) is 14.9. The zero-order valence-corrected chi connectivity index (χ0v) is 12.4. The number of anilines is 2. The molecule has 1 saturated heterocycles. The van der Waals surface area contributed by atoms with Crippen LogP contribution in [0.25, 0.3) is 0 Å². The van der Waals surface area contributed by atoms with Gasteiger partial charge in [0.2, 0.25) is 5.91 Å². The van der Waals surface area contributed by atoms with Crippen LogP contribution in [0.4, 0.5) is 11.4 Å². The van der Waals surface area contributed by atoms with E-state index in [0.717, 1.165) is 31.1 Å². The van der Waals surface area contributed by atoms with Gasteiger partial charge in [0.05, 0.1) is 0 Å². The minimum atomic E-state index is 0.0653. The summed E-state index contributed by atoms with van der Waals surface area (Å²) in [7, 11) is 0. The molecule has 1 fully saturated rings. The molecule has 110 valence electrons. The molecule has 2 rings (SSSR count). The number of hydrogen-bond acceptors (Lipinski definition) is 3. The molecule has 0 bridgehead atoms. The number of nitrogens with zero attached hydrogens (tertiary/aromatic N) is 1. The highest BCUT2D eigenvalue weighted by atomic mass is 16.1. The van der Waals surface area contributed by atoms with E-state index in [1.165, 1.54) is 6.42 Å². The summed E-state index contributed by atoms with van der Waals surface area (Å²) in [6.07, 6.45) is 2.74. The minimum Gasteiger partial charge on any atom is -0.399 e. The van der Waals surface area contributed by atoms with E-state index < -0.39 is 0 Å². The number of nitrogens with two attached hydrogens (primary N) is 1. The van der Waals surface area contributed by atoms with Crippen LogP contribution in [0.3, 0.4) is 0 Å². The van der Waals surface area contributed by atoms with Gasteiger partial charge in [0, 0.05) is 30.4 Å². The largest absolute Gasteiger partial charge is 0.399 e. The van der Waals surface area contributed by atoms with Gasteiger partial charge in [-0.3, -0.25) is 4.79 Å². The van der Waals surface area contributed by atoms with Crippen molar-refractivity contribution in [2.24, 2.45) is 5.92 Å². The van der Waals surface area contributed by atoms with Gasteiger partial charge in [-0.05, 0) is 50.4 Å². The Balaban J connectivity index is 1.70. The molecule has 1 amide bonds. The summed E-state index contributed by atoms with van der Waals surface area (Å²) < 4.78 is 0. The molecule has 1 aromatic carbocycles. The molecule has 0 spiro atoms. The summed E-state index contributed by atoms with van der Waals surface area (Å²) >= 11 is 0. The van der Waals surface area contributed by atoms with Crippen molar-refractivity contribution in [3.8, 4) is 0 Å². The molecule has 1 heterocycles. The van der Waals surface area contributed by atoms with E-state index >= 15 is 0 Å². The molecule has 0 saturated carbocycles. The number of nitrogens with one attached hydrogen (secondary N) is 1. The molecule has 2 unspecified atom stereocenters. The van der Waals surface area contributed by atoms with Gasteiger partial charge in [0.25, 0.3) is 0 Å². The van der Waals surface area contributed by atoms with Crippen molar-refractivity contribution in [2.45, 2.75) is 39.2 Å². The summed E-state index contributed by atoms with van der Waals surface area (Å²) in [6.45, 7) is 6.74. The first-order valence-corrected chi connectivity index (χ1v) is 7.44. The van der Waals surface area contributed by atoms with E-state index in [9.17, 15) is 4.79 Å². The van der Waals surface area contributed by atoms with E-state index in [-0.39, 0.29) is 5.91 Å². The Morgan fingerprint density at radius 1 is 1.45 bits per heavy atom. The molecule has 4 nitrogen and oxygen atoms in total. The standard InChI is InChI=1S/C16H25N3O/c1-12-9-13(2)19(11-12)8-4-7-16(20)18-15-6-3-5-14(17)10-15/h3,5-6,10,12-13H,4,7-9,11,17H2,1-2H3,(H,18,20). The number of amides is 1. The number of nitrogen functional groups attached to an aromatic ring is 1. The lowest BCUT2D eigenvalue weighted by atomic mass is 10.1. The van der Waals surface area contributed by atoms with Crippen molar-refractivity contribution >= 4 is 17.3 Å². The van der Waals surface area contributed by atoms with Gasteiger partial charge in [-0.1, -0.05) is 13.0 Å². The molecule has 0 aromatic heterocycles. The second kappa shape index (κ2) is 6.75. The van der Waals surface area contributed by atoms with Crippen LogP contribution < -0.4 is 11.1 Å². The Hall–Kier alpha value is -1.55. The lowest BCUT2D eigenvalue weighted by molar-refractivity contribution is -0.116. The number of rotatable bonds is 5. The van der Waals surface area contributed by atoms with Crippen LogP contribution in [0.2, 0.25) is 0 Å². The molecule has 0 aliphatic carbocycles. The molecule has 20 heavy (non-hydrogen) atoms. The van der Waals surface area contributed by atoms with E-state index in [0.29, 0.717) is 18.2 Å². The SMILES string of the molecule is CC1CC(C)N(CCCC(=O)Nc2cccc(N)c2)C1. The molecule has 0 radical (unpaired) electrons.